The van der Waals surface area contributed by atoms with Gasteiger partial charge in [-0.2, -0.15) is 0 Å². The van der Waals surface area contributed by atoms with Gasteiger partial charge in [-0.25, -0.2) is 0 Å². The maximum absolute atomic E-state index is 10.5. The van der Waals surface area contributed by atoms with E-state index in [1.165, 1.54) is 12.1 Å². The molecule has 6 heteroatoms. The van der Waals surface area contributed by atoms with Crippen molar-refractivity contribution in [3.8, 4) is 5.75 Å². The van der Waals surface area contributed by atoms with Crippen molar-refractivity contribution in [1.82, 2.24) is 4.90 Å². The van der Waals surface area contributed by atoms with Crippen molar-refractivity contribution in [2.75, 3.05) is 19.6 Å². The highest BCUT2D eigenvalue weighted by Crippen LogP contribution is 2.26. The summed E-state index contributed by atoms with van der Waals surface area (Å²) in [6.07, 6.45) is 2.31. The van der Waals surface area contributed by atoms with Crippen LogP contribution in [-0.2, 0) is 0 Å². The molecule has 3 saturated heterocycles. The number of piperidine rings is 3. The van der Waals surface area contributed by atoms with Gasteiger partial charge in [-0.1, -0.05) is 5.16 Å². The first kappa shape index (κ1) is 12.1. The fourth-order valence-corrected chi connectivity index (χ4v) is 2.63. The predicted molar refractivity (Wildman–Crippen MR) is 70.3 cm³/mol. The normalized spacial score (nSPS) is 27.5. The molecule has 0 aliphatic carbocycles. The molecule has 1 aromatic carbocycles. The van der Waals surface area contributed by atoms with Crippen LogP contribution in [0.25, 0.3) is 0 Å². The highest BCUT2D eigenvalue weighted by molar-refractivity contribution is 5.89. The minimum Gasteiger partial charge on any atom is -0.357 e. The van der Waals surface area contributed by atoms with Crippen LogP contribution < -0.4 is 4.84 Å². The molecule has 100 valence electrons. The standard InChI is InChI=1S/C13H15N3O3/c17-16(18)11-1-3-12(4-2-11)19-14-13-9-15-7-5-10(13)6-8-15/h1-4,10H,5-9H2/b14-13+. The molecule has 1 aromatic rings. The van der Waals surface area contributed by atoms with Crippen molar-refractivity contribution in [3.05, 3.63) is 34.4 Å². The summed E-state index contributed by atoms with van der Waals surface area (Å²) in [7, 11) is 0. The highest BCUT2D eigenvalue weighted by atomic mass is 16.6. The summed E-state index contributed by atoms with van der Waals surface area (Å²) in [5.41, 5.74) is 1.15. The molecule has 0 aromatic heterocycles. The van der Waals surface area contributed by atoms with Gasteiger partial charge in [0.1, 0.15) is 0 Å². The zero-order chi connectivity index (χ0) is 13.2. The van der Waals surface area contributed by atoms with Crippen LogP contribution in [0, 0.1) is 16.0 Å². The van der Waals surface area contributed by atoms with E-state index in [0.717, 1.165) is 38.2 Å². The van der Waals surface area contributed by atoms with E-state index in [0.29, 0.717) is 11.7 Å². The quantitative estimate of drug-likeness (QED) is 0.617. The molecule has 0 N–H and O–H groups in total. The number of nitro groups is 1. The van der Waals surface area contributed by atoms with Crippen molar-refractivity contribution >= 4 is 11.4 Å². The van der Waals surface area contributed by atoms with E-state index in [1.807, 2.05) is 0 Å². The summed E-state index contributed by atoms with van der Waals surface area (Å²) in [6, 6.07) is 5.99. The van der Waals surface area contributed by atoms with Crippen molar-refractivity contribution in [2.45, 2.75) is 12.8 Å². The number of hydrogen-bond donors (Lipinski definition) is 0. The molecule has 0 atom stereocenters. The average Bonchev–Trinajstić information content (AvgIpc) is 2.47. The van der Waals surface area contributed by atoms with Gasteiger partial charge in [0.2, 0.25) is 0 Å². The molecule has 19 heavy (non-hydrogen) atoms. The van der Waals surface area contributed by atoms with Crippen molar-refractivity contribution < 1.29 is 9.76 Å². The number of hydrogen-bond acceptors (Lipinski definition) is 5. The largest absolute Gasteiger partial charge is 0.357 e. The second-order valence-electron chi connectivity index (χ2n) is 4.98. The third kappa shape index (κ3) is 2.58. The van der Waals surface area contributed by atoms with Gasteiger partial charge in [0.05, 0.1) is 10.6 Å². The topological polar surface area (TPSA) is 68.0 Å². The van der Waals surface area contributed by atoms with Crippen LogP contribution in [-0.4, -0.2) is 35.2 Å². The lowest BCUT2D eigenvalue weighted by molar-refractivity contribution is -0.384. The first-order valence-corrected chi connectivity index (χ1v) is 6.43. The predicted octanol–water partition coefficient (Wildman–Crippen LogP) is 2.06. The van der Waals surface area contributed by atoms with E-state index in [1.54, 1.807) is 12.1 Å². The zero-order valence-electron chi connectivity index (χ0n) is 10.5. The smallest absolute Gasteiger partial charge is 0.269 e. The van der Waals surface area contributed by atoms with Crippen molar-refractivity contribution in [3.63, 3.8) is 0 Å². The number of nitrogens with zero attached hydrogens (tertiary/aromatic N) is 3. The molecule has 3 aliphatic rings. The van der Waals surface area contributed by atoms with Gasteiger partial charge in [-0.05, 0) is 38.1 Å². The third-order valence-corrected chi connectivity index (χ3v) is 3.76. The van der Waals surface area contributed by atoms with E-state index in [4.69, 9.17) is 4.84 Å². The Morgan fingerprint density at radius 2 is 1.95 bits per heavy atom. The van der Waals surface area contributed by atoms with Gasteiger partial charge in [0.25, 0.3) is 5.69 Å². The SMILES string of the molecule is O=[N+]([O-])c1ccc(O/N=C2\CN3CCC2CC3)cc1. The fourth-order valence-electron chi connectivity index (χ4n) is 2.63. The van der Waals surface area contributed by atoms with Gasteiger partial charge in [0.15, 0.2) is 5.75 Å². The zero-order valence-corrected chi connectivity index (χ0v) is 10.5. The number of nitro benzene ring substituents is 1. The molecule has 3 heterocycles. The summed E-state index contributed by atoms with van der Waals surface area (Å²) < 4.78 is 0. The molecule has 0 unspecified atom stereocenters. The first-order valence-electron chi connectivity index (χ1n) is 6.43. The lowest BCUT2D eigenvalue weighted by Gasteiger charge is -2.39. The molecule has 0 amide bonds. The van der Waals surface area contributed by atoms with Crippen LogP contribution in [0.3, 0.4) is 0 Å². The molecular weight excluding hydrogens is 246 g/mol. The first-order chi connectivity index (χ1) is 9.22. The van der Waals surface area contributed by atoms with Gasteiger partial charge >= 0.3 is 0 Å². The fraction of sp³-hybridized carbons (Fsp3) is 0.462. The van der Waals surface area contributed by atoms with Crippen molar-refractivity contribution in [2.24, 2.45) is 11.1 Å². The Labute approximate surface area is 110 Å². The van der Waals surface area contributed by atoms with Crippen molar-refractivity contribution in [1.29, 1.82) is 0 Å². The Morgan fingerprint density at radius 3 is 2.47 bits per heavy atom. The number of rotatable bonds is 3. The van der Waals surface area contributed by atoms with Gasteiger partial charge < -0.3 is 4.84 Å². The average molecular weight is 261 g/mol. The number of benzene rings is 1. The van der Waals surface area contributed by atoms with E-state index in [2.05, 4.69) is 10.1 Å². The van der Waals surface area contributed by atoms with Gasteiger partial charge in [0, 0.05) is 24.6 Å². The number of oxime groups is 1. The summed E-state index contributed by atoms with van der Waals surface area (Å²) in [5, 5.41) is 14.8. The van der Waals surface area contributed by atoms with Crippen LogP contribution in [0.4, 0.5) is 5.69 Å². The third-order valence-electron chi connectivity index (χ3n) is 3.76. The summed E-state index contributed by atoms with van der Waals surface area (Å²) in [4.78, 5) is 17.9. The van der Waals surface area contributed by atoms with Crippen LogP contribution in [0.2, 0.25) is 0 Å². The minimum atomic E-state index is -0.428. The lowest BCUT2D eigenvalue weighted by atomic mass is 9.87. The maximum Gasteiger partial charge on any atom is 0.269 e. The summed E-state index contributed by atoms with van der Waals surface area (Å²) >= 11 is 0. The Balaban J connectivity index is 1.67. The van der Waals surface area contributed by atoms with Gasteiger partial charge in [-0.15, -0.1) is 0 Å². The van der Waals surface area contributed by atoms with Crippen LogP contribution in [0.1, 0.15) is 12.8 Å². The molecule has 6 nitrogen and oxygen atoms in total. The Kier molecular flexibility index (Phi) is 3.16. The van der Waals surface area contributed by atoms with Crippen LogP contribution in [0.5, 0.6) is 5.75 Å². The van der Waals surface area contributed by atoms with E-state index in [-0.39, 0.29) is 5.69 Å². The lowest BCUT2D eigenvalue weighted by Crippen LogP contribution is -2.48. The molecule has 4 rings (SSSR count). The second kappa shape index (κ2) is 4.97. The molecule has 0 radical (unpaired) electrons. The van der Waals surface area contributed by atoms with Crippen LogP contribution >= 0.6 is 0 Å². The van der Waals surface area contributed by atoms with Gasteiger partial charge in [-0.3, -0.25) is 15.0 Å². The maximum atomic E-state index is 10.5. The number of fused-ring (bicyclic) bond motifs is 3. The molecule has 0 spiro atoms. The monoisotopic (exact) mass is 261 g/mol. The Morgan fingerprint density at radius 1 is 1.26 bits per heavy atom. The molecule has 3 aliphatic heterocycles. The molecular formula is C13H15N3O3. The van der Waals surface area contributed by atoms with E-state index in [9.17, 15) is 10.1 Å². The van der Waals surface area contributed by atoms with E-state index < -0.39 is 4.92 Å². The highest BCUT2D eigenvalue weighted by Gasteiger charge is 2.31. The molecule has 2 bridgehead atoms. The van der Waals surface area contributed by atoms with Crippen LogP contribution in [0.15, 0.2) is 29.4 Å². The summed E-state index contributed by atoms with van der Waals surface area (Å²) in [5.74, 6) is 1.08. The molecule has 0 saturated carbocycles. The van der Waals surface area contributed by atoms with E-state index >= 15 is 0 Å². The number of non-ortho nitro benzene ring substituents is 1. The minimum absolute atomic E-state index is 0.0582. The summed E-state index contributed by atoms with van der Waals surface area (Å²) in [6.45, 7) is 3.19. The Bertz CT molecular complexity index is 504. The molecule has 3 fully saturated rings. The Hall–Kier alpha value is -1.95. The second-order valence-corrected chi connectivity index (χ2v) is 4.98.